The molecule has 1 aromatic heterocycles. The van der Waals surface area contributed by atoms with Gasteiger partial charge in [0.15, 0.2) is 0 Å². The van der Waals surface area contributed by atoms with Crippen molar-refractivity contribution in [1.82, 2.24) is 5.06 Å². The lowest BCUT2D eigenvalue weighted by atomic mass is 10.2. The van der Waals surface area contributed by atoms with E-state index in [1.165, 1.54) is 19.6 Å². The zero-order chi connectivity index (χ0) is 9.14. The highest BCUT2D eigenvalue weighted by molar-refractivity contribution is 5.94. The summed E-state index contributed by atoms with van der Waals surface area (Å²) in [6.45, 7) is 1.81. The summed E-state index contributed by atoms with van der Waals surface area (Å²) in [5.74, 6) is -0.205. The van der Waals surface area contributed by atoms with E-state index >= 15 is 0 Å². The van der Waals surface area contributed by atoms with E-state index in [0.29, 0.717) is 5.56 Å². The van der Waals surface area contributed by atoms with Crippen LogP contribution in [0.1, 0.15) is 15.9 Å². The maximum Gasteiger partial charge on any atom is 0.280 e. The summed E-state index contributed by atoms with van der Waals surface area (Å²) in [6.07, 6.45) is 2.93. The first kappa shape index (κ1) is 8.80. The fraction of sp³-hybridized carbons (Fsp3) is 0.375. The van der Waals surface area contributed by atoms with Gasteiger partial charge in [-0.3, -0.25) is 9.63 Å². The fourth-order valence-corrected chi connectivity index (χ4v) is 0.832. The van der Waals surface area contributed by atoms with Gasteiger partial charge >= 0.3 is 0 Å². The molecular weight excluding hydrogens is 158 g/mol. The minimum absolute atomic E-state index is 0.205. The number of hydroxylamine groups is 2. The lowest BCUT2D eigenvalue weighted by Crippen LogP contribution is -2.25. The molecule has 0 fully saturated rings. The van der Waals surface area contributed by atoms with Gasteiger partial charge in [0.2, 0.25) is 0 Å². The maximum absolute atomic E-state index is 11.4. The molecule has 0 unspecified atom stereocenters. The van der Waals surface area contributed by atoms with Crippen LogP contribution in [0.5, 0.6) is 0 Å². The van der Waals surface area contributed by atoms with Gasteiger partial charge in [-0.05, 0) is 6.92 Å². The van der Waals surface area contributed by atoms with Gasteiger partial charge in [-0.15, -0.1) is 0 Å². The van der Waals surface area contributed by atoms with Crippen molar-refractivity contribution in [3.8, 4) is 0 Å². The Morgan fingerprint density at radius 2 is 2.25 bits per heavy atom. The monoisotopic (exact) mass is 169 g/mol. The minimum atomic E-state index is -0.205. The highest BCUT2D eigenvalue weighted by atomic mass is 16.7. The second-order valence-electron chi connectivity index (χ2n) is 2.45. The van der Waals surface area contributed by atoms with Crippen LogP contribution < -0.4 is 0 Å². The van der Waals surface area contributed by atoms with Gasteiger partial charge in [0, 0.05) is 12.6 Å². The Morgan fingerprint density at radius 3 is 2.67 bits per heavy atom. The standard InChI is InChI=1S/C8H11NO3/c1-6-4-12-5-7(6)8(10)9(2)11-3/h4-5H,1-3H3. The Bertz CT molecular complexity index is 280. The molecule has 0 saturated heterocycles. The Balaban J connectivity index is 2.85. The number of carbonyl (C=O) groups excluding carboxylic acids is 1. The van der Waals surface area contributed by atoms with Crippen molar-refractivity contribution in [2.45, 2.75) is 6.92 Å². The third-order valence-corrected chi connectivity index (χ3v) is 1.65. The molecule has 0 aliphatic heterocycles. The molecule has 0 atom stereocenters. The highest BCUT2D eigenvalue weighted by Gasteiger charge is 2.14. The van der Waals surface area contributed by atoms with Crippen LogP contribution >= 0.6 is 0 Å². The summed E-state index contributed by atoms with van der Waals surface area (Å²) >= 11 is 0. The molecule has 0 aromatic carbocycles. The van der Waals surface area contributed by atoms with Gasteiger partial charge in [-0.1, -0.05) is 0 Å². The number of nitrogens with zero attached hydrogens (tertiary/aromatic N) is 1. The van der Waals surface area contributed by atoms with Crippen molar-refractivity contribution in [3.63, 3.8) is 0 Å². The Kier molecular flexibility index (Phi) is 2.50. The molecule has 0 aliphatic carbocycles. The second-order valence-corrected chi connectivity index (χ2v) is 2.45. The van der Waals surface area contributed by atoms with E-state index in [1.807, 2.05) is 0 Å². The maximum atomic E-state index is 11.4. The molecule has 1 amide bonds. The van der Waals surface area contributed by atoms with Crippen molar-refractivity contribution in [2.75, 3.05) is 14.2 Å². The van der Waals surface area contributed by atoms with E-state index in [1.54, 1.807) is 14.0 Å². The number of rotatable bonds is 2. The van der Waals surface area contributed by atoms with Crippen LogP contribution in [0.3, 0.4) is 0 Å². The summed E-state index contributed by atoms with van der Waals surface area (Å²) in [6, 6.07) is 0. The van der Waals surface area contributed by atoms with E-state index in [0.717, 1.165) is 10.6 Å². The summed E-state index contributed by atoms with van der Waals surface area (Å²) in [5.41, 5.74) is 1.34. The van der Waals surface area contributed by atoms with Crippen LogP contribution in [-0.2, 0) is 4.84 Å². The largest absolute Gasteiger partial charge is 0.471 e. The van der Waals surface area contributed by atoms with Crippen molar-refractivity contribution in [2.24, 2.45) is 0 Å². The van der Waals surface area contributed by atoms with Crippen LogP contribution in [0.15, 0.2) is 16.9 Å². The zero-order valence-electron chi connectivity index (χ0n) is 7.33. The molecule has 0 aliphatic rings. The summed E-state index contributed by atoms with van der Waals surface area (Å²) in [4.78, 5) is 16.1. The van der Waals surface area contributed by atoms with Crippen LogP contribution in [0.25, 0.3) is 0 Å². The summed E-state index contributed by atoms with van der Waals surface area (Å²) in [5, 5.41) is 1.15. The molecule has 1 rings (SSSR count). The summed E-state index contributed by atoms with van der Waals surface area (Å²) in [7, 11) is 2.99. The molecule has 4 heteroatoms. The van der Waals surface area contributed by atoms with Gasteiger partial charge < -0.3 is 4.42 Å². The number of carbonyl (C=O) groups is 1. The molecule has 0 saturated carbocycles. The van der Waals surface area contributed by atoms with Gasteiger partial charge in [0.05, 0.1) is 18.9 Å². The molecule has 0 radical (unpaired) electrons. The lowest BCUT2D eigenvalue weighted by Gasteiger charge is -2.12. The van der Waals surface area contributed by atoms with Crippen LogP contribution in [-0.4, -0.2) is 25.1 Å². The minimum Gasteiger partial charge on any atom is -0.471 e. The van der Waals surface area contributed by atoms with Gasteiger partial charge in [0.25, 0.3) is 5.91 Å². The first-order valence-corrected chi connectivity index (χ1v) is 3.51. The smallest absolute Gasteiger partial charge is 0.280 e. The number of hydrogen-bond acceptors (Lipinski definition) is 3. The number of furan rings is 1. The van der Waals surface area contributed by atoms with Crippen molar-refractivity contribution in [3.05, 3.63) is 23.7 Å². The fourth-order valence-electron chi connectivity index (χ4n) is 0.832. The van der Waals surface area contributed by atoms with Crippen molar-refractivity contribution >= 4 is 5.91 Å². The van der Waals surface area contributed by atoms with Gasteiger partial charge in [-0.25, -0.2) is 5.06 Å². The molecule has 0 spiro atoms. The van der Waals surface area contributed by atoms with Crippen LogP contribution in [0.4, 0.5) is 0 Å². The molecule has 1 aromatic rings. The summed E-state index contributed by atoms with van der Waals surface area (Å²) < 4.78 is 4.86. The Labute approximate surface area is 70.7 Å². The molecular formula is C8H11NO3. The number of hydrogen-bond donors (Lipinski definition) is 0. The molecule has 4 nitrogen and oxygen atoms in total. The van der Waals surface area contributed by atoms with Crippen molar-refractivity contribution < 1.29 is 14.0 Å². The number of aryl methyl sites for hydroxylation is 1. The molecule has 1 heterocycles. The third-order valence-electron chi connectivity index (χ3n) is 1.65. The van der Waals surface area contributed by atoms with Crippen LogP contribution in [0, 0.1) is 6.92 Å². The van der Waals surface area contributed by atoms with E-state index in [4.69, 9.17) is 9.25 Å². The normalized spacial score (nSPS) is 9.92. The predicted octanol–water partition coefficient (Wildman–Crippen LogP) is 1.22. The predicted molar refractivity (Wildman–Crippen MR) is 42.5 cm³/mol. The average Bonchev–Trinajstić information content (AvgIpc) is 2.48. The molecule has 66 valence electrons. The number of amides is 1. The molecule has 0 N–H and O–H groups in total. The van der Waals surface area contributed by atoms with Gasteiger partial charge in [-0.2, -0.15) is 0 Å². The SMILES string of the molecule is CON(C)C(=O)c1cocc1C. The second kappa shape index (κ2) is 3.40. The van der Waals surface area contributed by atoms with Crippen molar-refractivity contribution in [1.29, 1.82) is 0 Å². The zero-order valence-corrected chi connectivity index (χ0v) is 7.33. The molecule has 12 heavy (non-hydrogen) atoms. The first-order valence-electron chi connectivity index (χ1n) is 3.51. The lowest BCUT2D eigenvalue weighted by molar-refractivity contribution is -0.0757. The van der Waals surface area contributed by atoms with E-state index in [-0.39, 0.29) is 5.91 Å². The Hall–Kier alpha value is -1.29. The van der Waals surface area contributed by atoms with E-state index in [9.17, 15) is 4.79 Å². The topological polar surface area (TPSA) is 42.7 Å². The third kappa shape index (κ3) is 1.48. The van der Waals surface area contributed by atoms with E-state index in [2.05, 4.69) is 0 Å². The van der Waals surface area contributed by atoms with E-state index < -0.39 is 0 Å². The first-order chi connectivity index (χ1) is 5.66. The molecule has 0 bridgehead atoms. The van der Waals surface area contributed by atoms with Gasteiger partial charge in [0.1, 0.15) is 6.26 Å². The average molecular weight is 169 g/mol. The van der Waals surface area contributed by atoms with Crippen LogP contribution in [0.2, 0.25) is 0 Å². The quantitative estimate of drug-likeness (QED) is 0.625. The highest BCUT2D eigenvalue weighted by Crippen LogP contribution is 2.10. The Morgan fingerprint density at radius 1 is 1.58 bits per heavy atom.